The molecule has 2 heterocycles. The Balaban J connectivity index is 1.40. The van der Waals surface area contributed by atoms with Gasteiger partial charge in [-0.3, -0.25) is 0 Å². The lowest BCUT2D eigenvalue weighted by Crippen LogP contribution is -2.39. The maximum Gasteiger partial charge on any atom is 0.119 e. The summed E-state index contributed by atoms with van der Waals surface area (Å²) in [6.45, 7) is 0.996. The zero-order chi connectivity index (χ0) is 20.1. The van der Waals surface area contributed by atoms with Gasteiger partial charge in [0, 0.05) is 23.4 Å². The van der Waals surface area contributed by atoms with E-state index in [9.17, 15) is 0 Å². The van der Waals surface area contributed by atoms with Crippen LogP contribution in [0.1, 0.15) is 36.4 Å². The zero-order valence-corrected chi connectivity index (χ0v) is 17.3. The van der Waals surface area contributed by atoms with E-state index in [2.05, 4.69) is 71.3 Å². The summed E-state index contributed by atoms with van der Waals surface area (Å²) in [6, 6.07) is 19.2. The van der Waals surface area contributed by atoms with Gasteiger partial charge in [0.15, 0.2) is 0 Å². The maximum atomic E-state index is 5.50. The lowest BCUT2D eigenvalue weighted by atomic mass is 9.61. The Morgan fingerprint density at radius 1 is 1.10 bits per heavy atom. The van der Waals surface area contributed by atoms with Crippen molar-refractivity contribution in [3.05, 3.63) is 89.9 Å². The van der Waals surface area contributed by atoms with E-state index in [4.69, 9.17) is 9.72 Å². The highest BCUT2D eigenvalue weighted by Gasteiger charge is 2.50. The Kier molecular flexibility index (Phi) is 3.98. The Bertz CT molecular complexity index is 1160. The number of hydrogen-bond donors (Lipinski definition) is 0. The second-order valence-corrected chi connectivity index (χ2v) is 8.84. The van der Waals surface area contributed by atoms with Crippen molar-refractivity contribution in [3.63, 3.8) is 0 Å². The predicted molar refractivity (Wildman–Crippen MR) is 120 cm³/mol. The van der Waals surface area contributed by atoms with E-state index in [1.54, 1.807) is 12.7 Å². The molecule has 3 nitrogen and oxygen atoms in total. The van der Waals surface area contributed by atoms with E-state index in [0.29, 0.717) is 11.8 Å². The molecule has 2 aliphatic carbocycles. The van der Waals surface area contributed by atoms with Crippen LogP contribution in [-0.2, 0) is 6.54 Å². The van der Waals surface area contributed by atoms with Gasteiger partial charge in [-0.2, -0.15) is 0 Å². The van der Waals surface area contributed by atoms with Gasteiger partial charge in [-0.15, -0.1) is 0 Å². The van der Waals surface area contributed by atoms with Crippen molar-refractivity contribution in [1.82, 2.24) is 9.55 Å². The highest BCUT2D eigenvalue weighted by molar-refractivity contribution is 5.73. The molecule has 0 bridgehead atoms. The van der Waals surface area contributed by atoms with E-state index in [-0.39, 0.29) is 5.41 Å². The molecule has 2 aromatic carbocycles. The molecule has 0 unspecified atom stereocenters. The number of rotatable bonds is 3. The molecule has 3 heteroatoms. The van der Waals surface area contributed by atoms with Gasteiger partial charge in [0.25, 0.3) is 0 Å². The van der Waals surface area contributed by atoms with Gasteiger partial charge in [-0.25, -0.2) is 4.98 Å². The summed E-state index contributed by atoms with van der Waals surface area (Å²) in [5.41, 5.74) is 6.64. The summed E-state index contributed by atoms with van der Waals surface area (Å²) < 4.78 is 7.88. The van der Waals surface area contributed by atoms with Crippen molar-refractivity contribution in [2.45, 2.75) is 31.7 Å². The molecule has 6 rings (SSSR count). The SMILES string of the molecule is COc1cccc([C@H]2C=C[C@]34Cn5cnc(-c6ccccc6)c5C=C3CCC[C@H]24)c1. The zero-order valence-electron chi connectivity index (χ0n) is 17.3. The summed E-state index contributed by atoms with van der Waals surface area (Å²) in [7, 11) is 1.75. The second-order valence-electron chi connectivity index (χ2n) is 8.84. The van der Waals surface area contributed by atoms with Crippen molar-refractivity contribution in [2.24, 2.45) is 11.3 Å². The Morgan fingerprint density at radius 2 is 2.00 bits per heavy atom. The van der Waals surface area contributed by atoms with Crippen molar-refractivity contribution in [3.8, 4) is 17.0 Å². The quantitative estimate of drug-likeness (QED) is 0.502. The summed E-state index contributed by atoms with van der Waals surface area (Å²) in [5, 5.41) is 0. The van der Waals surface area contributed by atoms with Gasteiger partial charge in [0.05, 0.1) is 24.8 Å². The third-order valence-electron chi connectivity index (χ3n) is 7.40. The first-order valence-electron chi connectivity index (χ1n) is 10.9. The fourth-order valence-electron chi connectivity index (χ4n) is 5.99. The molecule has 150 valence electrons. The number of hydrogen-bond acceptors (Lipinski definition) is 2. The molecule has 1 aromatic heterocycles. The average Bonchev–Trinajstić information content (AvgIpc) is 3.38. The minimum Gasteiger partial charge on any atom is -0.497 e. The fourth-order valence-corrected chi connectivity index (χ4v) is 5.99. The first-order valence-corrected chi connectivity index (χ1v) is 10.9. The number of aromatic nitrogens is 2. The number of allylic oxidation sites excluding steroid dienone is 3. The minimum atomic E-state index is 0.119. The molecule has 3 atom stereocenters. The van der Waals surface area contributed by atoms with Gasteiger partial charge in [-0.1, -0.05) is 60.2 Å². The Morgan fingerprint density at radius 3 is 2.87 bits per heavy atom. The minimum absolute atomic E-state index is 0.119. The first kappa shape index (κ1) is 17.8. The van der Waals surface area contributed by atoms with Crippen LogP contribution in [0, 0.1) is 11.3 Å². The molecule has 0 N–H and O–H groups in total. The topological polar surface area (TPSA) is 27.1 Å². The van der Waals surface area contributed by atoms with Crippen molar-refractivity contribution in [1.29, 1.82) is 0 Å². The van der Waals surface area contributed by atoms with Crippen LogP contribution < -0.4 is 4.74 Å². The Hall–Kier alpha value is -3.07. The van der Waals surface area contributed by atoms with Crippen LogP contribution in [0.15, 0.2) is 78.6 Å². The van der Waals surface area contributed by atoms with Crippen LogP contribution in [0.5, 0.6) is 5.75 Å². The summed E-state index contributed by atoms with van der Waals surface area (Å²) >= 11 is 0. The number of ether oxygens (including phenoxy) is 1. The van der Waals surface area contributed by atoms with Crippen LogP contribution in [0.25, 0.3) is 17.3 Å². The van der Waals surface area contributed by atoms with Crippen molar-refractivity contribution >= 4 is 6.08 Å². The first-order chi connectivity index (χ1) is 14.8. The van der Waals surface area contributed by atoms with Crippen molar-refractivity contribution < 1.29 is 4.74 Å². The highest BCUT2D eigenvalue weighted by Crippen LogP contribution is 2.59. The summed E-state index contributed by atoms with van der Waals surface area (Å²) in [4.78, 5) is 4.81. The van der Waals surface area contributed by atoms with Crippen LogP contribution in [0.2, 0.25) is 0 Å². The smallest absolute Gasteiger partial charge is 0.119 e. The van der Waals surface area contributed by atoms with Crippen LogP contribution in [0.3, 0.4) is 0 Å². The fraction of sp³-hybridized carbons (Fsp3) is 0.296. The lowest BCUT2D eigenvalue weighted by Gasteiger charge is -2.46. The average molecular weight is 395 g/mol. The molecular weight excluding hydrogens is 368 g/mol. The molecule has 0 radical (unpaired) electrons. The van der Waals surface area contributed by atoms with Gasteiger partial charge in [-0.05, 0) is 49.0 Å². The van der Waals surface area contributed by atoms with Crippen LogP contribution in [-0.4, -0.2) is 16.7 Å². The maximum absolute atomic E-state index is 5.50. The lowest BCUT2D eigenvalue weighted by molar-refractivity contribution is 0.189. The largest absolute Gasteiger partial charge is 0.497 e. The molecule has 0 amide bonds. The number of fused-ring (bicyclic) bond motifs is 1. The van der Waals surface area contributed by atoms with E-state index in [1.807, 2.05) is 12.4 Å². The molecule has 1 fully saturated rings. The molecule has 30 heavy (non-hydrogen) atoms. The molecule has 3 aliphatic rings. The summed E-state index contributed by atoms with van der Waals surface area (Å²) in [6.07, 6.45) is 13.2. The molecular formula is C27H26N2O. The van der Waals surface area contributed by atoms with Gasteiger partial charge in [0.2, 0.25) is 0 Å². The third kappa shape index (κ3) is 2.54. The monoisotopic (exact) mass is 394 g/mol. The normalized spacial score (nSPS) is 26.5. The standard InChI is InChI=1S/C27H26N2O/c1-30-22-11-5-9-20(15-22)23-13-14-27-17-29-18-28-26(19-7-3-2-4-8-19)25(29)16-21(27)10-6-12-24(23)27/h2-5,7-9,11,13-16,18,23-24H,6,10,12,17H2,1H3/t23-,24-,27+/m1/s1. The molecule has 3 aromatic rings. The molecule has 1 aliphatic heterocycles. The molecule has 1 saturated carbocycles. The number of nitrogens with zero attached hydrogens (tertiary/aromatic N) is 2. The van der Waals surface area contributed by atoms with Gasteiger partial charge >= 0.3 is 0 Å². The number of methoxy groups -OCH3 is 1. The molecule has 1 spiro atoms. The van der Waals surface area contributed by atoms with Gasteiger partial charge < -0.3 is 9.30 Å². The predicted octanol–water partition coefficient (Wildman–Crippen LogP) is 6.10. The van der Waals surface area contributed by atoms with E-state index >= 15 is 0 Å². The van der Waals surface area contributed by atoms with E-state index in [1.165, 1.54) is 36.1 Å². The van der Waals surface area contributed by atoms with Crippen molar-refractivity contribution in [2.75, 3.05) is 7.11 Å². The van der Waals surface area contributed by atoms with E-state index < -0.39 is 0 Å². The number of imidazole rings is 1. The van der Waals surface area contributed by atoms with Crippen LogP contribution >= 0.6 is 0 Å². The second kappa shape index (κ2) is 6.73. The molecule has 0 saturated heterocycles. The Labute approximate surface area is 177 Å². The van der Waals surface area contributed by atoms with E-state index in [0.717, 1.165) is 18.0 Å². The van der Waals surface area contributed by atoms with Crippen LogP contribution in [0.4, 0.5) is 0 Å². The third-order valence-corrected chi connectivity index (χ3v) is 7.40. The highest BCUT2D eigenvalue weighted by atomic mass is 16.5. The summed E-state index contributed by atoms with van der Waals surface area (Å²) in [5.74, 6) is 1.99. The number of benzene rings is 2. The van der Waals surface area contributed by atoms with Gasteiger partial charge in [0.1, 0.15) is 5.75 Å².